The molecule has 0 radical (unpaired) electrons. The number of halogens is 3. The third-order valence-electron chi connectivity index (χ3n) is 5.16. The Labute approximate surface area is 187 Å². The third-order valence-corrected chi connectivity index (χ3v) is 5.16. The molecule has 0 aromatic heterocycles. The molecule has 0 saturated carbocycles. The van der Waals surface area contributed by atoms with Crippen LogP contribution in [0.4, 0.5) is 29.3 Å². The fourth-order valence-corrected chi connectivity index (χ4v) is 3.58. The van der Waals surface area contributed by atoms with Gasteiger partial charge in [-0.15, -0.1) is 0 Å². The molecule has 1 N–H and O–H groups in total. The quantitative estimate of drug-likeness (QED) is 0.560. The highest BCUT2D eigenvalue weighted by Gasteiger charge is 2.46. The molecule has 4 rings (SSSR count). The minimum absolute atomic E-state index is 0.0551. The molecule has 33 heavy (non-hydrogen) atoms. The summed E-state index contributed by atoms with van der Waals surface area (Å²) in [7, 11) is 0. The maximum Gasteiger partial charge on any atom is 0.332 e. The number of hydrogen-bond acceptors (Lipinski definition) is 3. The molecule has 0 aliphatic carbocycles. The average molecular weight is 453 g/mol. The zero-order valence-electron chi connectivity index (χ0n) is 17.2. The van der Waals surface area contributed by atoms with Gasteiger partial charge in [0.05, 0.1) is 12.1 Å². The van der Waals surface area contributed by atoms with Gasteiger partial charge in [-0.1, -0.05) is 18.2 Å². The fraction of sp³-hybridized carbons (Fsp3) is 0.125. The van der Waals surface area contributed by atoms with Gasteiger partial charge in [0.1, 0.15) is 23.5 Å². The van der Waals surface area contributed by atoms with Gasteiger partial charge in [0.25, 0.3) is 5.91 Å². The molecule has 0 bridgehead atoms. The monoisotopic (exact) mass is 453 g/mol. The lowest BCUT2D eigenvalue weighted by molar-refractivity contribution is -0.124. The molecular weight excluding hydrogens is 435 g/mol. The molecule has 1 fully saturated rings. The summed E-state index contributed by atoms with van der Waals surface area (Å²) in [5.74, 6) is -2.80. The molecule has 3 aromatic carbocycles. The highest BCUT2D eigenvalue weighted by molar-refractivity contribution is 6.22. The molecule has 9 heteroatoms. The van der Waals surface area contributed by atoms with E-state index in [9.17, 15) is 27.6 Å². The van der Waals surface area contributed by atoms with Gasteiger partial charge in [0.15, 0.2) is 0 Å². The highest BCUT2D eigenvalue weighted by atomic mass is 19.1. The Kier molecular flexibility index (Phi) is 6.12. The van der Waals surface area contributed by atoms with Crippen LogP contribution in [0.3, 0.4) is 0 Å². The van der Waals surface area contributed by atoms with Crippen molar-refractivity contribution in [3.8, 4) is 0 Å². The average Bonchev–Trinajstić information content (AvgIpc) is 3.00. The van der Waals surface area contributed by atoms with E-state index in [0.717, 1.165) is 23.1 Å². The van der Waals surface area contributed by atoms with E-state index < -0.39 is 41.3 Å². The molecule has 1 heterocycles. The minimum Gasteiger partial charge on any atom is -0.326 e. The molecule has 0 unspecified atom stereocenters. The number of hydrogen-bond donors (Lipinski definition) is 1. The second-order valence-electron chi connectivity index (χ2n) is 7.47. The predicted octanol–water partition coefficient (Wildman–Crippen LogP) is 4.47. The van der Waals surface area contributed by atoms with Crippen molar-refractivity contribution < 1.29 is 27.6 Å². The number of rotatable bonds is 6. The number of imide groups is 1. The number of carbonyl (C=O) groups is 3. The first kappa shape index (κ1) is 22.1. The van der Waals surface area contributed by atoms with Crippen LogP contribution in [-0.4, -0.2) is 28.8 Å². The number of anilines is 2. The van der Waals surface area contributed by atoms with E-state index in [0.29, 0.717) is 5.56 Å². The molecule has 6 nitrogen and oxygen atoms in total. The van der Waals surface area contributed by atoms with Crippen molar-refractivity contribution in [3.05, 3.63) is 95.8 Å². The lowest BCUT2D eigenvalue weighted by Gasteiger charge is -2.21. The van der Waals surface area contributed by atoms with E-state index in [1.165, 1.54) is 59.5 Å². The summed E-state index contributed by atoms with van der Waals surface area (Å²) in [4.78, 5) is 41.0. The van der Waals surface area contributed by atoms with Crippen molar-refractivity contribution in [1.82, 2.24) is 4.90 Å². The molecule has 1 aliphatic rings. The molecule has 1 atom stereocenters. The van der Waals surface area contributed by atoms with Crippen molar-refractivity contribution in [3.63, 3.8) is 0 Å². The minimum atomic E-state index is -1.17. The summed E-state index contributed by atoms with van der Waals surface area (Å²) in [6.07, 6.45) is -0.389. The fourth-order valence-electron chi connectivity index (χ4n) is 3.58. The van der Waals surface area contributed by atoms with Gasteiger partial charge in [-0.2, -0.15) is 0 Å². The van der Waals surface area contributed by atoms with E-state index in [4.69, 9.17) is 0 Å². The standard InChI is InChI=1S/C24H18F3N3O3/c25-16-6-4-15(5-7-16)14-29-21(13-22(31)28-19-3-1-2-18(27)12-19)23(32)30(24(29)33)20-10-8-17(26)9-11-20/h1-12,21H,13-14H2,(H,28,31)/t21-/m0/s1. The topological polar surface area (TPSA) is 69.7 Å². The van der Waals surface area contributed by atoms with Gasteiger partial charge in [-0.25, -0.2) is 22.9 Å². The summed E-state index contributed by atoms with van der Waals surface area (Å²) in [6.45, 7) is -0.0551. The maximum absolute atomic E-state index is 13.4. The van der Waals surface area contributed by atoms with Crippen molar-refractivity contribution in [2.24, 2.45) is 0 Å². The summed E-state index contributed by atoms with van der Waals surface area (Å²) < 4.78 is 40.0. The third kappa shape index (κ3) is 4.87. The van der Waals surface area contributed by atoms with Crippen molar-refractivity contribution in [1.29, 1.82) is 0 Å². The number of benzene rings is 3. The smallest absolute Gasteiger partial charge is 0.326 e. The number of amides is 4. The summed E-state index contributed by atoms with van der Waals surface area (Å²) >= 11 is 0. The van der Waals surface area contributed by atoms with Crippen LogP contribution in [0.15, 0.2) is 72.8 Å². The zero-order chi connectivity index (χ0) is 23.5. The Hall–Kier alpha value is -4.14. The van der Waals surface area contributed by atoms with Crippen LogP contribution < -0.4 is 10.2 Å². The van der Waals surface area contributed by atoms with E-state index in [-0.39, 0.29) is 24.3 Å². The molecule has 1 aliphatic heterocycles. The van der Waals surface area contributed by atoms with Gasteiger partial charge in [-0.05, 0) is 60.2 Å². The number of nitrogens with one attached hydrogen (secondary N) is 1. The van der Waals surface area contributed by atoms with Crippen molar-refractivity contribution in [2.75, 3.05) is 10.2 Å². The summed E-state index contributed by atoms with van der Waals surface area (Å²) in [6, 6.07) is 13.6. The van der Waals surface area contributed by atoms with Gasteiger partial charge in [-0.3, -0.25) is 9.59 Å². The van der Waals surface area contributed by atoms with Gasteiger partial charge in [0, 0.05) is 12.2 Å². The predicted molar refractivity (Wildman–Crippen MR) is 115 cm³/mol. The first-order valence-corrected chi connectivity index (χ1v) is 10.0. The second kappa shape index (κ2) is 9.15. The Balaban J connectivity index is 1.60. The Morgan fingerprint density at radius 1 is 0.848 bits per heavy atom. The van der Waals surface area contributed by atoms with Gasteiger partial charge in [0.2, 0.25) is 5.91 Å². The van der Waals surface area contributed by atoms with E-state index in [1.54, 1.807) is 0 Å². The Morgan fingerprint density at radius 3 is 2.12 bits per heavy atom. The van der Waals surface area contributed by atoms with Gasteiger partial charge >= 0.3 is 6.03 Å². The lowest BCUT2D eigenvalue weighted by atomic mass is 10.1. The van der Waals surface area contributed by atoms with E-state index in [1.807, 2.05) is 0 Å². The largest absolute Gasteiger partial charge is 0.332 e. The number of urea groups is 1. The van der Waals surface area contributed by atoms with Crippen molar-refractivity contribution >= 4 is 29.2 Å². The van der Waals surface area contributed by atoms with Crippen LogP contribution in [-0.2, 0) is 16.1 Å². The molecule has 168 valence electrons. The molecule has 1 saturated heterocycles. The van der Waals surface area contributed by atoms with Crippen LogP contribution in [0.2, 0.25) is 0 Å². The van der Waals surface area contributed by atoms with Crippen LogP contribution in [0.5, 0.6) is 0 Å². The Morgan fingerprint density at radius 2 is 1.48 bits per heavy atom. The zero-order valence-corrected chi connectivity index (χ0v) is 17.2. The second-order valence-corrected chi connectivity index (χ2v) is 7.47. The normalized spacial score (nSPS) is 15.8. The van der Waals surface area contributed by atoms with Crippen LogP contribution >= 0.6 is 0 Å². The van der Waals surface area contributed by atoms with Gasteiger partial charge < -0.3 is 10.2 Å². The maximum atomic E-state index is 13.4. The molecule has 3 aromatic rings. The number of nitrogens with zero attached hydrogens (tertiary/aromatic N) is 2. The highest BCUT2D eigenvalue weighted by Crippen LogP contribution is 2.29. The van der Waals surface area contributed by atoms with Crippen LogP contribution in [0, 0.1) is 17.5 Å². The molecule has 0 spiro atoms. The van der Waals surface area contributed by atoms with Crippen LogP contribution in [0.1, 0.15) is 12.0 Å². The molecular formula is C24H18F3N3O3. The van der Waals surface area contributed by atoms with E-state index >= 15 is 0 Å². The van der Waals surface area contributed by atoms with Crippen LogP contribution in [0.25, 0.3) is 0 Å². The number of carbonyl (C=O) groups excluding carboxylic acids is 3. The Bertz CT molecular complexity index is 1200. The molecule has 4 amide bonds. The summed E-state index contributed by atoms with van der Waals surface area (Å²) in [5, 5.41) is 2.51. The SMILES string of the molecule is O=C(C[C@H]1C(=O)N(c2ccc(F)cc2)C(=O)N1Cc1ccc(F)cc1)Nc1cccc(F)c1. The first-order chi connectivity index (χ1) is 15.8. The summed E-state index contributed by atoms with van der Waals surface area (Å²) in [5.41, 5.74) is 0.912. The van der Waals surface area contributed by atoms with E-state index in [2.05, 4.69) is 5.32 Å². The lowest BCUT2D eigenvalue weighted by Crippen LogP contribution is -2.37. The first-order valence-electron chi connectivity index (χ1n) is 10.0. The van der Waals surface area contributed by atoms with Crippen molar-refractivity contribution in [2.45, 2.75) is 19.0 Å².